The Kier molecular flexibility index (Phi) is 5.96. The molecule has 0 spiro atoms. The minimum Gasteiger partial charge on any atom is -0.368 e. The number of nitrogens with two attached hydrogens (primary N) is 1. The maximum Gasteiger partial charge on any atom is 0.222 e. The normalized spacial score (nSPS) is 10.1. The molecule has 0 bridgehead atoms. The van der Waals surface area contributed by atoms with Gasteiger partial charge in [-0.2, -0.15) is 4.98 Å². The van der Waals surface area contributed by atoms with E-state index < -0.39 is 0 Å². The fourth-order valence-electron chi connectivity index (χ4n) is 2.22. The van der Waals surface area contributed by atoms with Crippen molar-refractivity contribution in [3.8, 4) is 11.3 Å². The van der Waals surface area contributed by atoms with Crippen molar-refractivity contribution in [3.05, 3.63) is 63.0 Å². The van der Waals surface area contributed by atoms with E-state index >= 15 is 0 Å². The van der Waals surface area contributed by atoms with E-state index in [1.807, 2.05) is 55.5 Å². The number of benzene rings is 2. The fraction of sp³-hybridized carbons (Fsp3) is 0.111. The van der Waals surface area contributed by atoms with E-state index in [0.29, 0.717) is 5.82 Å². The lowest BCUT2D eigenvalue weighted by atomic mass is 10.1. The lowest BCUT2D eigenvalue weighted by molar-refractivity contribution is 1.18. The third kappa shape index (κ3) is 4.33. The molecule has 3 aromatic rings. The SMILES string of the molecule is C.Cc1ccc(Br)cc1-c1cc(Nc2ccc(Br)cc2)nc(N)n1. The highest BCUT2D eigenvalue weighted by molar-refractivity contribution is 9.10. The van der Waals surface area contributed by atoms with Gasteiger partial charge >= 0.3 is 0 Å². The zero-order valence-corrected chi connectivity index (χ0v) is 15.5. The number of halogens is 2. The molecule has 1 aromatic heterocycles. The molecule has 0 aliphatic rings. The van der Waals surface area contributed by atoms with Crippen molar-refractivity contribution in [3.63, 3.8) is 0 Å². The minimum absolute atomic E-state index is 0. The molecule has 0 unspecified atom stereocenters. The highest BCUT2D eigenvalue weighted by atomic mass is 79.9. The number of nitrogen functional groups attached to an aromatic ring is 1. The van der Waals surface area contributed by atoms with Crippen LogP contribution in [0.15, 0.2) is 57.5 Å². The molecule has 3 rings (SSSR count). The quantitative estimate of drug-likeness (QED) is 0.519. The average Bonchev–Trinajstić information content (AvgIpc) is 2.51. The largest absolute Gasteiger partial charge is 0.368 e. The van der Waals surface area contributed by atoms with E-state index in [1.54, 1.807) is 0 Å². The van der Waals surface area contributed by atoms with Gasteiger partial charge in [-0.3, -0.25) is 0 Å². The second-order valence-corrected chi connectivity index (χ2v) is 6.92. The number of hydrogen-bond acceptors (Lipinski definition) is 4. The second kappa shape index (κ2) is 7.77. The minimum atomic E-state index is 0. The summed E-state index contributed by atoms with van der Waals surface area (Å²) in [5, 5.41) is 3.25. The van der Waals surface area contributed by atoms with Crippen LogP contribution in [-0.2, 0) is 0 Å². The summed E-state index contributed by atoms with van der Waals surface area (Å²) in [4.78, 5) is 8.62. The highest BCUT2D eigenvalue weighted by Crippen LogP contribution is 2.28. The number of anilines is 3. The number of hydrogen-bond donors (Lipinski definition) is 2. The highest BCUT2D eigenvalue weighted by Gasteiger charge is 2.08. The zero-order chi connectivity index (χ0) is 16.4. The Labute approximate surface area is 158 Å². The van der Waals surface area contributed by atoms with Crippen molar-refractivity contribution in [2.24, 2.45) is 0 Å². The average molecular weight is 450 g/mol. The Morgan fingerprint density at radius 3 is 2.29 bits per heavy atom. The molecule has 3 N–H and O–H groups in total. The summed E-state index contributed by atoms with van der Waals surface area (Å²) in [6.07, 6.45) is 0. The number of rotatable bonds is 3. The molecule has 0 aliphatic heterocycles. The van der Waals surface area contributed by atoms with E-state index in [9.17, 15) is 0 Å². The van der Waals surface area contributed by atoms with E-state index in [1.165, 1.54) is 0 Å². The molecule has 24 heavy (non-hydrogen) atoms. The van der Waals surface area contributed by atoms with Gasteiger partial charge in [-0.05, 0) is 48.9 Å². The van der Waals surface area contributed by atoms with Gasteiger partial charge in [0.2, 0.25) is 5.95 Å². The second-order valence-electron chi connectivity index (χ2n) is 5.09. The van der Waals surface area contributed by atoms with E-state index in [0.717, 1.165) is 31.5 Å². The van der Waals surface area contributed by atoms with Crippen LogP contribution in [0.2, 0.25) is 0 Å². The summed E-state index contributed by atoms with van der Waals surface area (Å²) >= 11 is 6.92. The van der Waals surface area contributed by atoms with Crippen molar-refractivity contribution in [1.29, 1.82) is 0 Å². The van der Waals surface area contributed by atoms with Crippen molar-refractivity contribution in [1.82, 2.24) is 9.97 Å². The number of aryl methyl sites for hydroxylation is 1. The van der Waals surface area contributed by atoms with Gasteiger partial charge in [-0.15, -0.1) is 0 Å². The van der Waals surface area contributed by atoms with Crippen LogP contribution in [0.1, 0.15) is 13.0 Å². The molecule has 0 fully saturated rings. The van der Waals surface area contributed by atoms with Crippen LogP contribution >= 0.6 is 31.9 Å². The Hall–Kier alpha value is -1.92. The predicted octanol–water partition coefficient (Wildman–Crippen LogP) is 5.94. The van der Waals surface area contributed by atoms with Crippen LogP contribution in [0.4, 0.5) is 17.5 Å². The Balaban J connectivity index is 0.00000208. The van der Waals surface area contributed by atoms with Gasteiger partial charge in [0, 0.05) is 26.3 Å². The summed E-state index contributed by atoms with van der Waals surface area (Å²) in [6.45, 7) is 2.04. The summed E-state index contributed by atoms with van der Waals surface area (Å²) in [5.41, 5.74) is 9.75. The van der Waals surface area contributed by atoms with E-state index in [2.05, 4.69) is 47.1 Å². The van der Waals surface area contributed by atoms with Gasteiger partial charge < -0.3 is 11.1 Å². The molecule has 0 aliphatic carbocycles. The van der Waals surface area contributed by atoms with Crippen LogP contribution in [0.25, 0.3) is 11.3 Å². The van der Waals surface area contributed by atoms with Gasteiger partial charge in [-0.25, -0.2) is 4.98 Å². The molecule has 4 nitrogen and oxygen atoms in total. The fourth-order valence-corrected chi connectivity index (χ4v) is 2.84. The number of aromatic nitrogens is 2. The topological polar surface area (TPSA) is 63.8 Å². The Morgan fingerprint density at radius 1 is 0.917 bits per heavy atom. The van der Waals surface area contributed by atoms with Crippen molar-refractivity contribution in [2.75, 3.05) is 11.1 Å². The molecule has 0 radical (unpaired) electrons. The monoisotopic (exact) mass is 448 g/mol. The van der Waals surface area contributed by atoms with Crippen molar-refractivity contribution >= 4 is 49.3 Å². The van der Waals surface area contributed by atoms with Gasteiger partial charge in [0.25, 0.3) is 0 Å². The predicted molar refractivity (Wildman–Crippen MR) is 108 cm³/mol. The first kappa shape index (κ1) is 18.4. The molecular formula is C18H18Br2N4. The number of nitrogens with one attached hydrogen (secondary N) is 1. The molecule has 0 saturated carbocycles. The Morgan fingerprint density at radius 2 is 1.58 bits per heavy atom. The van der Waals surface area contributed by atoms with Gasteiger partial charge in [0.05, 0.1) is 5.69 Å². The third-order valence-corrected chi connectivity index (χ3v) is 4.36. The Bertz CT molecular complexity index is 848. The van der Waals surface area contributed by atoms with E-state index in [-0.39, 0.29) is 13.4 Å². The molecule has 0 saturated heterocycles. The lowest BCUT2D eigenvalue weighted by Gasteiger charge is -2.10. The van der Waals surface area contributed by atoms with Gasteiger partial charge in [0.1, 0.15) is 5.82 Å². The molecule has 0 atom stereocenters. The van der Waals surface area contributed by atoms with Crippen molar-refractivity contribution < 1.29 is 0 Å². The van der Waals surface area contributed by atoms with Gasteiger partial charge in [-0.1, -0.05) is 45.4 Å². The third-order valence-electron chi connectivity index (χ3n) is 3.34. The summed E-state index contributed by atoms with van der Waals surface area (Å²) in [7, 11) is 0. The molecule has 124 valence electrons. The molecule has 2 aromatic carbocycles. The summed E-state index contributed by atoms with van der Waals surface area (Å²) < 4.78 is 2.02. The molecule has 0 amide bonds. The summed E-state index contributed by atoms with van der Waals surface area (Å²) in [6, 6.07) is 15.8. The van der Waals surface area contributed by atoms with Crippen LogP contribution in [0.5, 0.6) is 0 Å². The van der Waals surface area contributed by atoms with Crippen LogP contribution < -0.4 is 11.1 Å². The lowest BCUT2D eigenvalue weighted by Crippen LogP contribution is -2.02. The molecule has 1 heterocycles. The smallest absolute Gasteiger partial charge is 0.222 e. The van der Waals surface area contributed by atoms with Crippen LogP contribution in [-0.4, -0.2) is 9.97 Å². The first-order valence-electron chi connectivity index (χ1n) is 6.95. The first-order chi connectivity index (χ1) is 11.0. The maximum atomic E-state index is 5.88. The first-order valence-corrected chi connectivity index (χ1v) is 8.53. The maximum absolute atomic E-state index is 5.88. The molecule has 6 heteroatoms. The van der Waals surface area contributed by atoms with Crippen molar-refractivity contribution in [2.45, 2.75) is 14.4 Å². The van der Waals surface area contributed by atoms with Crippen LogP contribution in [0, 0.1) is 6.92 Å². The number of nitrogens with zero attached hydrogens (tertiary/aromatic N) is 2. The van der Waals surface area contributed by atoms with Crippen LogP contribution in [0.3, 0.4) is 0 Å². The van der Waals surface area contributed by atoms with E-state index in [4.69, 9.17) is 5.73 Å². The molecular weight excluding hydrogens is 432 g/mol. The van der Waals surface area contributed by atoms with Gasteiger partial charge in [0.15, 0.2) is 0 Å². The summed E-state index contributed by atoms with van der Waals surface area (Å²) in [5.74, 6) is 0.899. The standard InChI is InChI=1S/C17H14Br2N4.CH4/c1-10-2-3-12(19)8-14(10)15-9-16(23-17(20)22-15)21-13-6-4-11(18)5-7-13;/h2-9H,1H3,(H3,20,21,22,23);1H4. The zero-order valence-electron chi connectivity index (χ0n) is 12.3.